The van der Waals surface area contributed by atoms with Crippen molar-refractivity contribution in [1.82, 2.24) is 9.97 Å². The fourth-order valence-electron chi connectivity index (χ4n) is 1.14. The summed E-state index contributed by atoms with van der Waals surface area (Å²) >= 11 is 1.24. The van der Waals surface area contributed by atoms with E-state index in [1.54, 1.807) is 12.1 Å². The monoisotopic (exact) mass is 236 g/mol. The van der Waals surface area contributed by atoms with E-state index in [1.165, 1.54) is 30.0 Å². The second-order valence-corrected chi connectivity index (χ2v) is 4.16. The molecule has 2 aromatic rings. The van der Waals surface area contributed by atoms with Crippen molar-refractivity contribution in [3.8, 4) is 5.75 Å². The molecule has 1 aromatic carbocycles. The lowest BCUT2D eigenvalue weighted by molar-refractivity contribution is 0.475. The maximum atomic E-state index is 11.0. The van der Waals surface area contributed by atoms with Gasteiger partial charge in [0.1, 0.15) is 5.75 Å². The molecule has 0 spiro atoms. The van der Waals surface area contributed by atoms with E-state index < -0.39 is 11.2 Å². The molecule has 0 unspecified atom stereocenters. The fraction of sp³-hybridized carbons (Fsp3) is 0. The Morgan fingerprint density at radius 2 is 1.75 bits per heavy atom. The van der Waals surface area contributed by atoms with Crippen LogP contribution in [-0.2, 0) is 0 Å². The molecule has 0 fully saturated rings. The van der Waals surface area contributed by atoms with Crippen LogP contribution >= 0.6 is 11.8 Å². The number of hydrogen-bond acceptors (Lipinski definition) is 4. The lowest BCUT2D eigenvalue weighted by Crippen LogP contribution is -2.21. The van der Waals surface area contributed by atoms with Gasteiger partial charge in [0.05, 0.1) is 5.03 Å². The number of H-pyrrole nitrogens is 2. The third-order valence-electron chi connectivity index (χ3n) is 1.80. The zero-order chi connectivity index (χ0) is 11.5. The minimum Gasteiger partial charge on any atom is -0.508 e. The molecule has 1 aromatic heterocycles. The van der Waals surface area contributed by atoms with E-state index in [0.717, 1.165) is 4.90 Å². The van der Waals surface area contributed by atoms with E-state index in [4.69, 9.17) is 5.11 Å². The highest BCUT2D eigenvalue weighted by atomic mass is 32.2. The summed E-state index contributed by atoms with van der Waals surface area (Å²) in [5, 5.41) is 9.55. The van der Waals surface area contributed by atoms with Gasteiger partial charge in [0.25, 0.3) is 5.56 Å². The third kappa shape index (κ3) is 2.54. The molecule has 16 heavy (non-hydrogen) atoms. The Morgan fingerprint density at radius 1 is 1.06 bits per heavy atom. The van der Waals surface area contributed by atoms with Crippen molar-refractivity contribution < 1.29 is 5.11 Å². The zero-order valence-corrected chi connectivity index (χ0v) is 8.88. The van der Waals surface area contributed by atoms with Crippen molar-refractivity contribution in [3.05, 3.63) is 51.2 Å². The topological polar surface area (TPSA) is 85.9 Å². The molecule has 0 amide bonds. The van der Waals surface area contributed by atoms with Gasteiger partial charge in [-0.25, -0.2) is 4.79 Å². The molecular formula is C10H8N2O3S. The fourth-order valence-corrected chi connectivity index (χ4v) is 1.98. The normalized spacial score (nSPS) is 10.2. The lowest BCUT2D eigenvalue weighted by atomic mass is 10.3. The molecule has 0 bridgehead atoms. The number of rotatable bonds is 2. The second kappa shape index (κ2) is 4.28. The Kier molecular flexibility index (Phi) is 2.82. The summed E-state index contributed by atoms with van der Waals surface area (Å²) in [5.74, 6) is 0.170. The first-order valence-corrected chi connectivity index (χ1v) is 5.26. The molecule has 0 aliphatic heterocycles. The number of nitrogens with one attached hydrogen (secondary N) is 2. The van der Waals surface area contributed by atoms with E-state index in [0.29, 0.717) is 5.03 Å². The van der Waals surface area contributed by atoms with Crippen molar-refractivity contribution in [2.24, 2.45) is 0 Å². The molecule has 0 saturated carbocycles. The van der Waals surface area contributed by atoms with Gasteiger partial charge >= 0.3 is 5.69 Å². The van der Waals surface area contributed by atoms with Crippen LogP contribution in [0.2, 0.25) is 0 Å². The van der Waals surface area contributed by atoms with Crippen LogP contribution in [0.3, 0.4) is 0 Å². The number of aromatic amines is 2. The summed E-state index contributed by atoms with van der Waals surface area (Å²) < 4.78 is 0. The quantitative estimate of drug-likeness (QED) is 0.677. The zero-order valence-electron chi connectivity index (χ0n) is 8.06. The molecule has 6 heteroatoms. The van der Waals surface area contributed by atoms with Crippen molar-refractivity contribution in [3.63, 3.8) is 0 Å². The van der Waals surface area contributed by atoms with Crippen LogP contribution in [0.5, 0.6) is 5.75 Å². The van der Waals surface area contributed by atoms with Gasteiger partial charge in [-0.2, -0.15) is 0 Å². The number of hydrogen-bond donors (Lipinski definition) is 3. The van der Waals surface area contributed by atoms with E-state index in [2.05, 4.69) is 9.97 Å². The Bertz CT molecular complexity index is 572. The SMILES string of the molecule is O=c1cc(Sc2ccc(O)cc2)[nH]c(=O)[nH]1. The van der Waals surface area contributed by atoms with Crippen molar-refractivity contribution in [2.45, 2.75) is 9.92 Å². The highest BCUT2D eigenvalue weighted by molar-refractivity contribution is 7.99. The van der Waals surface area contributed by atoms with Crippen LogP contribution in [0.15, 0.2) is 49.8 Å². The molecule has 0 aliphatic carbocycles. The summed E-state index contributed by atoms with van der Waals surface area (Å²) in [6.07, 6.45) is 0. The Labute approximate surface area is 94.2 Å². The Morgan fingerprint density at radius 3 is 2.38 bits per heavy atom. The van der Waals surface area contributed by atoms with Gasteiger partial charge in [-0.3, -0.25) is 9.78 Å². The average molecular weight is 236 g/mol. The highest BCUT2D eigenvalue weighted by Crippen LogP contribution is 2.25. The van der Waals surface area contributed by atoms with Gasteiger partial charge in [-0.1, -0.05) is 11.8 Å². The summed E-state index contributed by atoms with van der Waals surface area (Å²) in [6.45, 7) is 0. The summed E-state index contributed by atoms with van der Waals surface area (Å²) in [6, 6.07) is 7.76. The van der Waals surface area contributed by atoms with Crippen molar-refractivity contribution in [2.75, 3.05) is 0 Å². The summed E-state index contributed by atoms with van der Waals surface area (Å²) in [4.78, 5) is 27.4. The van der Waals surface area contributed by atoms with Crippen LogP contribution in [0.1, 0.15) is 0 Å². The van der Waals surface area contributed by atoms with Crippen molar-refractivity contribution in [1.29, 1.82) is 0 Å². The molecule has 1 heterocycles. The predicted molar refractivity (Wildman–Crippen MR) is 59.9 cm³/mol. The highest BCUT2D eigenvalue weighted by Gasteiger charge is 2.00. The average Bonchev–Trinajstić information content (AvgIpc) is 2.20. The smallest absolute Gasteiger partial charge is 0.326 e. The maximum absolute atomic E-state index is 11.0. The summed E-state index contributed by atoms with van der Waals surface area (Å²) in [7, 11) is 0. The predicted octanol–water partition coefficient (Wildman–Crippen LogP) is 0.920. The van der Waals surface area contributed by atoms with Crippen LogP contribution in [0, 0.1) is 0 Å². The van der Waals surface area contributed by atoms with E-state index in [1.807, 2.05) is 0 Å². The molecule has 3 N–H and O–H groups in total. The standard InChI is InChI=1S/C10H8N2O3S/c13-6-1-3-7(4-2-6)16-9-5-8(14)11-10(15)12-9/h1-5,13H,(H2,11,12,14,15). The van der Waals surface area contributed by atoms with Crippen LogP contribution < -0.4 is 11.2 Å². The minimum atomic E-state index is -0.534. The number of phenols is 1. The second-order valence-electron chi connectivity index (χ2n) is 3.05. The van der Waals surface area contributed by atoms with Gasteiger partial charge in [0.2, 0.25) is 0 Å². The van der Waals surface area contributed by atoms with Gasteiger partial charge in [-0.05, 0) is 24.3 Å². The Balaban J connectivity index is 2.30. The first-order chi connectivity index (χ1) is 7.63. The van der Waals surface area contributed by atoms with Crippen LogP contribution in [0.25, 0.3) is 0 Å². The molecular weight excluding hydrogens is 228 g/mol. The van der Waals surface area contributed by atoms with Gasteiger partial charge < -0.3 is 10.1 Å². The van der Waals surface area contributed by atoms with Gasteiger partial charge in [-0.15, -0.1) is 0 Å². The first-order valence-electron chi connectivity index (χ1n) is 4.44. The third-order valence-corrected chi connectivity index (χ3v) is 2.75. The van der Waals surface area contributed by atoms with E-state index in [9.17, 15) is 9.59 Å². The number of phenolic OH excluding ortho intramolecular Hbond substituents is 1. The molecule has 0 radical (unpaired) electrons. The molecule has 5 nitrogen and oxygen atoms in total. The number of aromatic nitrogens is 2. The van der Waals surface area contributed by atoms with Crippen molar-refractivity contribution >= 4 is 11.8 Å². The lowest BCUT2D eigenvalue weighted by Gasteiger charge is -2.00. The largest absolute Gasteiger partial charge is 0.508 e. The molecule has 2 rings (SSSR count). The molecule has 0 aliphatic rings. The maximum Gasteiger partial charge on any atom is 0.326 e. The molecule has 82 valence electrons. The summed E-state index contributed by atoms with van der Waals surface area (Å²) in [5.41, 5.74) is -0.973. The molecule has 0 atom stereocenters. The first kappa shape index (κ1) is 10.6. The molecule has 0 saturated heterocycles. The van der Waals surface area contributed by atoms with Crippen LogP contribution in [-0.4, -0.2) is 15.1 Å². The van der Waals surface area contributed by atoms with E-state index in [-0.39, 0.29) is 5.75 Å². The van der Waals surface area contributed by atoms with Gasteiger partial charge in [0, 0.05) is 11.0 Å². The van der Waals surface area contributed by atoms with E-state index >= 15 is 0 Å². The number of aromatic hydroxyl groups is 1. The number of benzene rings is 1. The van der Waals surface area contributed by atoms with Gasteiger partial charge in [0.15, 0.2) is 0 Å². The minimum absolute atomic E-state index is 0.170. The Hall–Kier alpha value is -1.95. The van der Waals surface area contributed by atoms with Crippen LogP contribution in [0.4, 0.5) is 0 Å².